The zero-order chi connectivity index (χ0) is 15.5. The van der Waals surface area contributed by atoms with E-state index in [2.05, 4.69) is 28.6 Å². The molecule has 0 radical (unpaired) electrons. The van der Waals surface area contributed by atoms with E-state index in [9.17, 15) is 4.79 Å². The fraction of sp³-hybridized carbons (Fsp3) is 0.471. The van der Waals surface area contributed by atoms with Crippen molar-refractivity contribution in [1.82, 2.24) is 10.2 Å². The van der Waals surface area contributed by atoms with Crippen LogP contribution in [0.25, 0.3) is 0 Å². The van der Waals surface area contributed by atoms with Gasteiger partial charge in [-0.05, 0) is 42.5 Å². The number of amides is 1. The van der Waals surface area contributed by atoms with Gasteiger partial charge >= 0.3 is 0 Å². The monoisotopic (exact) mass is 318 g/mol. The van der Waals surface area contributed by atoms with Crippen molar-refractivity contribution in [1.29, 1.82) is 0 Å². The molecule has 0 spiro atoms. The minimum Gasteiger partial charge on any atom is -0.456 e. The fourth-order valence-electron chi connectivity index (χ4n) is 2.79. The quantitative estimate of drug-likeness (QED) is 0.921. The van der Waals surface area contributed by atoms with Crippen LogP contribution in [-0.2, 0) is 19.4 Å². The van der Waals surface area contributed by atoms with E-state index in [1.54, 1.807) is 6.07 Å². The predicted octanol–water partition coefficient (Wildman–Crippen LogP) is 3.08. The Morgan fingerprint density at radius 1 is 1.45 bits per heavy atom. The van der Waals surface area contributed by atoms with E-state index in [1.807, 2.05) is 24.3 Å². The van der Waals surface area contributed by atoms with E-state index in [0.29, 0.717) is 18.3 Å². The van der Waals surface area contributed by atoms with E-state index in [4.69, 9.17) is 4.42 Å². The standard InChI is InChI=1S/C17H22N2O2S/c1-3-14-4-5-15(21-14)17(20)18-10-12(2)19-8-6-16-13(11-19)7-9-22-16/h4-5,7,9,12H,3,6,8,10-11H2,1-2H3,(H,18,20). The van der Waals surface area contributed by atoms with Crippen molar-refractivity contribution < 1.29 is 9.21 Å². The normalized spacial score (nSPS) is 16.3. The SMILES string of the molecule is CCc1ccc(C(=O)NCC(C)N2CCc3sccc3C2)o1. The Balaban J connectivity index is 1.52. The maximum absolute atomic E-state index is 12.1. The maximum Gasteiger partial charge on any atom is 0.287 e. The molecule has 4 nitrogen and oxygen atoms in total. The Morgan fingerprint density at radius 3 is 3.09 bits per heavy atom. The summed E-state index contributed by atoms with van der Waals surface area (Å²) in [6, 6.07) is 6.14. The molecule has 0 aliphatic carbocycles. The van der Waals surface area contributed by atoms with Crippen LogP contribution in [-0.4, -0.2) is 29.9 Å². The van der Waals surface area contributed by atoms with E-state index in [-0.39, 0.29) is 5.91 Å². The first-order valence-corrected chi connectivity index (χ1v) is 8.71. The Kier molecular flexibility index (Phi) is 4.64. The minimum absolute atomic E-state index is 0.125. The Hall–Kier alpha value is -1.59. The van der Waals surface area contributed by atoms with E-state index in [0.717, 1.165) is 31.7 Å². The van der Waals surface area contributed by atoms with Gasteiger partial charge in [-0.3, -0.25) is 9.69 Å². The molecular formula is C17H22N2O2S. The van der Waals surface area contributed by atoms with Crippen molar-refractivity contribution in [2.45, 2.75) is 39.3 Å². The van der Waals surface area contributed by atoms with Crippen molar-refractivity contribution in [2.75, 3.05) is 13.1 Å². The van der Waals surface area contributed by atoms with Gasteiger partial charge in [0, 0.05) is 37.0 Å². The summed E-state index contributed by atoms with van der Waals surface area (Å²) in [6.45, 7) is 6.86. The summed E-state index contributed by atoms with van der Waals surface area (Å²) in [4.78, 5) is 16.0. The van der Waals surface area contributed by atoms with E-state index < -0.39 is 0 Å². The molecule has 0 fully saturated rings. The highest BCUT2D eigenvalue weighted by Gasteiger charge is 2.22. The van der Waals surface area contributed by atoms with E-state index >= 15 is 0 Å². The Bertz CT molecular complexity index is 647. The number of nitrogens with one attached hydrogen (secondary N) is 1. The number of hydrogen-bond donors (Lipinski definition) is 1. The Labute approximate surface area is 135 Å². The van der Waals surface area contributed by atoms with Gasteiger partial charge in [-0.15, -0.1) is 11.3 Å². The van der Waals surface area contributed by atoms with Crippen LogP contribution in [0, 0.1) is 0 Å². The molecule has 5 heteroatoms. The van der Waals surface area contributed by atoms with Gasteiger partial charge in [-0.25, -0.2) is 0 Å². The highest BCUT2D eigenvalue weighted by atomic mass is 32.1. The van der Waals surface area contributed by atoms with Gasteiger partial charge in [0.1, 0.15) is 5.76 Å². The van der Waals surface area contributed by atoms with Crippen LogP contribution in [0.4, 0.5) is 0 Å². The van der Waals surface area contributed by atoms with Crippen molar-refractivity contribution >= 4 is 17.2 Å². The first kappa shape index (κ1) is 15.3. The van der Waals surface area contributed by atoms with Crippen LogP contribution in [0.5, 0.6) is 0 Å². The molecule has 22 heavy (non-hydrogen) atoms. The van der Waals surface area contributed by atoms with E-state index in [1.165, 1.54) is 10.4 Å². The molecule has 2 aromatic heterocycles. The molecule has 2 aromatic rings. The maximum atomic E-state index is 12.1. The summed E-state index contributed by atoms with van der Waals surface area (Å²) in [5, 5.41) is 5.15. The number of fused-ring (bicyclic) bond motifs is 1. The fourth-order valence-corrected chi connectivity index (χ4v) is 3.68. The second-order valence-electron chi connectivity index (χ2n) is 5.77. The van der Waals surface area contributed by atoms with Gasteiger partial charge in [0.15, 0.2) is 5.76 Å². The van der Waals surface area contributed by atoms with Crippen LogP contribution < -0.4 is 5.32 Å². The molecular weight excluding hydrogens is 296 g/mol. The highest BCUT2D eigenvalue weighted by molar-refractivity contribution is 7.10. The molecule has 1 atom stereocenters. The predicted molar refractivity (Wildman–Crippen MR) is 88.3 cm³/mol. The summed E-state index contributed by atoms with van der Waals surface area (Å²) < 4.78 is 5.48. The zero-order valence-electron chi connectivity index (χ0n) is 13.1. The Morgan fingerprint density at radius 2 is 2.32 bits per heavy atom. The van der Waals surface area contributed by atoms with Crippen molar-refractivity contribution in [3.05, 3.63) is 45.5 Å². The molecule has 1 unspecified atom stereocenters. The zero-order valence-corrected chi connectivity index (χ0v) is 13.9. The molecule has 1 aliphatic rings. The molecule has 0 saturated carbocycles. The largest absolute Gasteiger partial charge is 0.456 e. The number of aryl methyl sites for hydroxylation is 1. The number of carbonyl (C=O) groups excluding carboxylic acids is 1. The van der Waals surface area contributed by atoms with Gasteiger partial charge in [-0.2, -0.15) is 0 Å². The molecule has 1 aliphatic heterocycles. The smallest absolute Gasteiger partial charge is 0.287 e. The third-order valence-electron chi connectivity index (χ3n) is 4.25. The second kappa shape index (κ2) is 6.67. The third kappa shape index (κ3) is 3.25. The van der Waals surface area contributed by atoms with Crippen molar-refractivity contribution in [3.63, 3.8) is 0 Å². The number of furan rings is 1. The van der Waals surface area contributed by atoms with Gasteiger partial charge in [-0.1, -0.05) is 6.92 Å². The number of nitrogens with zero attached hydrogens (tertiary/aromatic N) is 1. The minimum atomic E-state index is -0.125. The molecule has 1 amide bonds. The molecule has 0 bridgehead atoms. The number of rotatable bonds is 5. The summed E-state index contributed by atoms with van der Waals surface area (Å²) >= 11 is 1.85. The number of thiophene rings is 1. The second-order valence-corrected chi connectivity index (χ2v) is 6.77. The van der Waals surface area contributed by atoms with Crippen LogP contribution in [0.3, 0.4) is 0 Å². The topological polar surface area (TPSA) is 45.5 Å². The number of carbonyl (C=O) groups is 1. The van der Waals surface area contributed by atoms with Gasteiger partial charge in [0.25, 0.3) is 5.91 Å². The van der Waals surface area contributed by atoms with Crippen LogP contribution in [0.2, 0.25) is 0 Å². The molecule has 3 rings (SSSR count). The van der Waals surface area contributed by atoms with Crippen LogP contribution in [0.15, 0.2) is 28.0 Å². The van der Waals surface area contributed by atoms with Gasteiger partial charge < -0.3 is 9.73 Å². The van der Waals surface area contributed by atoms with Crippen LogP contribution in [0.1, 0.15) is 40.6 Å². The lowest BCUT2D eigenvalue weighted by atomic mass is 10.1. The average Bonchev–Trinajstić information content (AvgIpc) is 3.19. The molecule has 1 N–H and O–H groups in total. The van der Waals surface area contributed by atoms with Gasteiger partial charge in [0.2, 0.25) is 0 Å². The summed E-state index contributed by atoms with van der Waals surface area (Å²) in [6.07, 6.45) is 1.92. The lowest BCUT2D eigenvalue weighted by molar-refractivity contribution is 0.0903. The van der Waals surface area contributed by atoms with Crippen LogP contribution >= 0.6 is 11.3 Å². The average molecular weight is 318 g/mol. The van der Waals surface area contributed by atoms with Gasteiger partial charge in [0.05, 0.1) is 0 Å². The summed E-state index contributed by atoms with van der Waals surface area (Å²) in [5.74, 6) is 1.13. The lowest BCUT2D eigenvalue weighted by Crippen LogP contribution is -2.44. The molecule has 0 saturated heterocycles. The lowest BCUT2D eigenvalue weighted by Gasteiger charge is -2.32. The first-order chi connectivity index (χ1) is 10.7. The van der Waals surface area contributed by atoms with Crippen molar-refractivity contribution in [3.8, 4) is 0 Å². The molecule has 0 aromatic carbocycles. The third-order valence-corrected chi connectivity index (χ3v) is 5.28. The summed E-state index contributed by atoms with van der Waals surface area (Å²) in [7, 11) is 0. The highest BCUT2D eigenvalue weighted by Crippen LogP contribution is 2.25. The molecule has 118 valence electrons. The molecule has 3 heterocycles. The first-order valence-electron chi connectivity index (χ1n) is 7.83. The number of hydrogen-bond acceptors (Lipinski definition) is 4. The van der Waals surface area contributed by atoms with Crippen molar-refractivity contribution in [2.24, 2.45) is 0 Å². The summed E-state index contributed by atoms with van der Waals surface area (Å²) in [5.41, 5.74) is 1.44.